The second-order valence-corrected chi connectivity index (χ2v) is 9.52. The van der Waals surface area contributed by atoms with Crippen molar-refractivity contribution in [2.45, 2.75) is 25.9 Å². The van der Waals surface area contributed by atoms with Gasteiger partial charge in [0.25, 0.3) is 0 Å². The summed E-state index contributed by atoms with van der Waals surface area (Å²) in [6.45, 7) is 4.33. The van der Waals surface area contributed by atoms with Gasteiger partial charge < -0.3 is 9.05 Å². The first-order chi connectivity index (χ1) is 13.5. The van der Waals surface area contributed by atoms with Gasteiger partial charge >= 0.3 is 8.53 Å². The lowest BCUT2D eigenvalue weighted by Crippen LogP contribution is -2.27. The zero-order valence-electron chi connectivity index (χ0n) is 16.6. The zero-order chi connectivity index (χ0) is 19.4. The first-order valence-corrected chi connectivity index (χ1v) is 10.8. The van der Waals surface area contributed by atoms with Gasteiger partial charge in [0, 0.05) is 11.5 Å². The minimum Gasteiger partial charge on any atom is -0.435 e. The largest absolute Gasteiger partial charge is 0.435 e. The Morgan fingerprint density at radius 3 is 2.54 bits per heavy atom. The highest BCUT2D eigenvalue weighted by atomic mass is 31.2. The molecule has 0 N–H and O–H groups in total. The third-order valence-corrected chi connectivity index (χ3v) is 7.10. The highest BCUT2D eigenvalue weighted by Gasteiger charge is 2.41. The lowest BCUT2D eigenvalue weighted by molar-refractivity contribution is 0.212. The smallest absolute Gasteiger partial charge is 0.321 e. The van der Waals surface area contributed by atoms with Crippen LogP contribution in [0.3, 0.4) is 0 Å². The third kappa shape index (κ3) is 2.69. The predicted octanol–water partition coefficient (Wildman–Crippen LogP) is 6.26. The summed E-state index contributed by atoms with van der Waals surface area (Å²) in [5, 5.41) is 2.50. The van der Waals surface area contributed by atoms with Gasteiger partial charge in [0.1, 0.15) is 5.75 Å². The van der Waals surface area contributed by atoms with Crippen molar-refractivity contribution in [1.82, 2.24) is 4.67 Å². The van der Waals surface area contributed by atoms with Gasteiger partial charge in [0.2, 0.25) is 0 Å². The first-order valence-electron chi connectivity index (χ1n) is 9.66. The van der Waals surface area contributed by atoms with E-state index in [0.29, 0.717) is 0 Å². The standard InChI is InChI=1S/C24H24NO2P/c1-15-13-17-9-5-7-11-19(17)21-22-20-12-8-6-10-18(20)14-16(2)24(22)27-28(25(3)4)26-23(15)21/h5-14,21,23H,1-4H3. The minimum atomic E-state index is -1.18. The zero-order valence-corrected chi connectivity index (χ0v) is 17.5. The second-order valence-electron chi connectivity index (χ2n) is 7.85. The van der Waals surface area contributed by atoms with Crippen molar-refractivity contribution in [3.8, 4) is 5.75 Å². The maximum Gasteiger partial charge on any atom is 0.321 e. The Labute approximate surface area is 167 Å². The maximum absolute atomic E-state index is 6.63. The highest BCUT2D eigenvalue weighted by molar-refractivity contribution is 7.45. The van der Waals surface area contributed by atoms with Crippen LogP contribution in [-0.2, 0) is 4.52 Å². The Kier molecular flexibility index (Phi) is 4.28. The molecular formula is C24H24NO2P. The number of rotatable bonds is 1. The Morgan fingerprint density at radius 1 is 0.964 bits per heavy atom. The Balaban J connectivity index is 1.87. The molecular weight excluding hydrogens is 365 g/mol. The molecule has 0 fully saturated rings. The molecule has 0 aromatic heterocycles. The van der Waals surface area contributed by atoms with E-state index in [1.54, 1.807) is 0 Å². The molecule has 0 radical (unpaired) electrons. The lowest BCUT2D eigenvalue weighted by atomic mass is 9.75. The van der Waals surface area contributed by atoms with Crippen molar-refractivity contribution in [2.75, 3.05) is 14.1 Å². The van der Waals surface area contributed by atoms with E-state index in [1.807, 2.05) is 14.1 Å². The molecule has 0 amide bonds. The van der Waals surface area contributed by atoms with Gasteiger partial charge in [-0.2, -0.15) is 0 Å². The van der Waals surface area contributed by atoms with Gasteiger partial charge in [0.15, 0.2) is 0 Å². The van der Waals surface area contributed by atoms with E-state index in [2.05, 4.69) is 79.2 Å². The topological polar surface area (TPSA) is 21.7 Å². The maximum atomic E-state index is 6.63. The molecule has 142 valence electrons. The van der Waals surface area contributed by atoms with Crippen molar-refractivity contribution < 1.29 is 9.05 Å². The molecule has 3 unspecified atom stereocenters. The summed E-state index contributed by atoms with van der Waals surface area (Å²) in [7, 11) is 2.87. The highest BCUT2D eigenvalue weighted by Crippen LogP contribution is 2.57. The average molecular weight is 389 g/mol. The van der Waals surface area contributed by atoms with Crippen LogP contribution >= 0.6 is 8.53 Å². The molecule has 0 saturated heterocycles. The molecule has 28 heavy (non-hydrogen) atoms. The third-order valence-electron chi connectivity index (χ3n) is 5.70. The van der Waals surface area contributed by atoms with Gasteiger partial charge in [-0.05, 0) is 67.0 Å². The summed E-state index contributed by atoms with van der Waals surface area (Å²) < 4.78 is 15.2. The number of nitrogens with zero attached hydrogens (tertiary/aromatic N) is 1. The normalized spacial score (nSPS) is 23.3. The number of hydrogen-bond acceptors (Lipinski definition) is 3. The van der Waals surface area contributed by atoms with E-state index >= 15 is 0 Å². The van der Waals surface area contributed by atoms with E-state index < -0.39 is 8.53 Å². The summed E-state index contributed by atoms with van der Waals surface area (Å²) in [6.07, 6.45) is 2.23. The van der Waals surface area contributed by atoms with E-state index in [4.69, 9.17) is 9.05 Å². The SMILES string of the molecule is CC1=Cc2ccccc2C2c3c(c(C)cc4ccccc34)OP(N(C)C)OC12. The van der Waals surface area contributed by atoms with Crippen LogP contribution in [0, 0.1) is 6.92 Å². The lowest BCUT2D eigenvalue weighted by Gasteiger charge is -2.33. The molecule has 4 heteroatoms. The van der Waals surface area contributed by atoms with Crippen LogP contribution in [0.2, 0.25) is 0 Å². The number of benzene rings is 3. The van der Waals surface area contributed by atoms with Crippen molar-refractivity contribution in [3.63, 3.8) is 0 Å². The molecule has 3 aromatic carbocycles. The van der Waals surface area contributed by atoms with Crippen molar-refractivity contribution >= 4 is 25.4 Å². The van der Waals surface area contributed by atoms with E-state index in [9.17, 15) is 0 Å². The average Bonchev–Trinajstić information content (AvgIpc) is 2.87. The second kappa shape index (κ2) is 6.70. The van der Waals surface area contributed by atoms with Crippen molar-refractivity contribution in [2.24, 2.45) is 0 Å². The van der Waals surface area contributed by atoms with Crippen LogP contribution in [0.4, 0.5) is 0 Å². The Morgan fingerprint density at radius 2 is 1.71 bits per heavy atom. The fourth-order valence-electron chi connectivity index (χ4n) is 4.43. The first kappa shape index (κ1) is 17.9. The number of hydrogen-bond donors (Lipinski definition) is 0. The van der Waals surface area contributed by atoms with Crippen LogP contribution in [0.5, 0.6) is 5.75 Å². The van der Waals surface area contributed by atoms with Crippen LogP contribution in [0.15, 0.2) is 60.2 Å². The van der Waals surface area contributed by atoms with Crippen molar-refractivity contribution in [3.05, 3.63) is 82.4 Å². The minimum absolute atomic E-state index is 0.0325. The van der Waals surface area contributed by atoms with Crippen LogP contribution in [0.25, 0.3) is 16.8 Å². The molecule has 1 heterocycles. The summed E-state index contributed by atoms with van der Waals surface area (Å²) in [5.74, 6) is 1.10. The Bertz CT molecular complexity index is 1100. The fraction of sp³-hybridized carbons (Fsp3) is 0.250. The molecule has 5 rings (SSSR count). The van der Waals surface area contributed by atoms with Crippen LogP contribution < -0.4 is 4.52 Å². The molecule has 1 aliphatic heterocycles. The van der Waals surface area contributed by atoms with Gasteiger partial charge in [0.05, 0.1) is 6.10 Å². The summed E-state index contributed by atoms with van der Waals surface area (Å²) in [5.41, 5.74) is 6.26. The van der Waals surface area contributed by atoms with Gasteiger partial charge in [-0.15, -0.1) is 0 Å². The Hall–Kier alpha value is -2.19. The quantitative estimate of drug-likeness (QED) is 0.458. The summed E-state index contributed by atoms with van der Waals surface area (Å²) in [4.78, 5) is 0. The molecule has 1 aliphatic carbocycles. The van der Waals surface area contributed by atoms with Crippen LogP contribution in [-0.4, -0.2) is 24.9 Å². The van der Waals surface area contributed by atoms with E-state index in [-0.39, 0.29) is 12.0 Å². The van der Waals surface area contributed by atoms with Crippen molar-refractivity contribution in [1.29, 1.82) is 0 Å². The van der Waals surface area contributed by atoms with Crippen LogP contribution in [0.1, 0.15) is 35.1 Å². The number of fused-ring (bicyclic) bond motifs is 7. The molecule has 3 atom stereocenters. The fourth-order valence-corrected chi connectivity index (χ4v) is 5.71. The molecule has 3 nitrogen and oxygen atoms in total. The monoisotopic (exact) mass is 389 g/mol. The van der Waals surface area contributed by atoms with Gasteiger partial charge in [-0.25, -0.2) is 4.67 Å². The van der Waals surface area contributed by atoms with E-state index in [1.165, 1.54) is 33.0 Å². The van der Waals surface area contributed by atoms with Gasteiger partial charge in [-0.1, -0.05) is 54.6 Å². The van der Waals surface area contributed by atoms with Gasteiger partial charge in [-0.3, -0.25) is 0 Å². The molecule has 0 bridgehead atoms. The molecule has 0 saturated carbocycles. The molecule has 0 spiro atoms. The number of aryl methyl sites for hydroxylation is 1. The summed E-state index contributed by atoms with van der Waals surface area (Å²) >= 11 is 0. The molecule has 3 aromatic rings. The summed E-state index contributed by atoms with van der Waals surface area (Å²) in [6, 6.07) is 19.5. The molecule has 2 aliphatic rings. The van der Waals surface area contributed by atoms with E-state index in [0.717, 1.165) is 11.3 Å². The predicted molar refractivity (Wildman–Crippen MR) is 117 cm³/mol.